The minimum Gasteiger partial charge on any atom is -0.469 e. The molecule has 0 aliphatic heterocycles. The first-order valence-electron chi connectivity index (χ1n) is 5.07. The fraction of sp³-hybridized carbons (Fsp3) is 0.385. The van der Waals surface area contributed by atoms with Crippen LogP contribution in [0.25, 0.3) is 0 Å². The van der Waals surface area contributed by atoms with Gasteiger partial charge in [0.2, 0.25) is 0 Å². The maximum Gasteiger partial charge on any atom is 0.312 e. The van der Waals surface area contributed by atoms with Crippen LogP contribution in [0.15, 0.2) is 30.3 Å². The van der Waals surface area contributed by atoms with Crippen LogP contribution in [-0.2, 0) is 9.53 Å². The Morgan fingerprint density at radius 1 is 1.38 bits per heavy atom. The van der Waals surface area contributed by atoms with Gasteiger partial charge in [0, 0.05) is 0 Å². The van der Waals surface area contributed by atoms with Gasteiger partial charge < -0.3 is 4.74 Å². The molecular formula is C13H15NO2. The average molecular weight is 217 g/mol. The summed E-state index contributed by atoms with van der Waals surface area (Å²) in [5.74, 6) is -0.871. The molecule has 0 heterocycles. The van der Waals surface area contributed by atoms with Crippen LogP contribution in [0, 0.1) is 16.7 Å². The molecule has 0 bridgehead atoms. The van der Waals surface area contributed by atoms with E-state index < -0.39 is 11.3 Å². The minimum atomic E-state index is -0.842. The topological polar surface area (TPSA) is 50.1 Å². The second kappa shape index (κ2) is 4.80. The summed E-state index contributed by atoms with van der Waals surface area (Å²) in [6.45, 7) is 3.44. The van der Waals surface area contributed by atoms with Crippen molar-refractivity contribution < 1.29 is 9.53 Å². The molecule has 1 atom stereocenters. The lowest BCUT2D eigenvalue weighted by Crippen LogP contribution is -2.32. The molecule has 0 amide bonds. The summed E-state index contributed by atoms with van der Waals surface area (Å²) in [4.78, 5) is 11.6. The van der Waals surface area contributed by atoms with Crippen LogP contribution in [0.4, 0.5) is 0 Å². The Labute approximate surface area is 95.7 Å². The predicted octanol–water partition coefficient (Wildman–Crippen LogP) is 2.49. The van der Waals surface area contributed by atoms with Gasteiger partial charge in [-0.2, -0.15) is 5.26 Å². The summed E-state index contributed by atoms with van der Waals surface area (Å²) in [6, 6.07) is 11.5. The number of rotatable bonds is 3. The SMILES string of the molecule is COC(=O)C(C)(C)[C@@H](C#N)c1ccccc1. The summed E-state index contributed by atoms with van der Waals surface area (Å²) >= 11 is 0. The van der Waals surface area contributed by atoms with Crippen molar-refractivity contribution in [1.29, 1.82) is 5.26 Å². The summed E-state index contributed by atoms with van der Waals surface area (Å²) < 4.78 is 4.73. The average Bonchev–Trinajstić information content (AvgIpc) is 2.30. The lowest BCUT2D eigenvalue weighted by atomic mass is 9.76. The summed E-state index contributed by atoms with van der Waals surface area (Å²) in [5, 5.41) is 9.20. The third kappa shape index (κ3) is 2.22. The lowest BCUT2D eigenvalue weighted by Gasteiger charge is -2.26. The zero-order chi connectivity index (χ0) is 12.2. The number of hydrogen-bond donors (Lipinski definition) is 0. The Morgan fingerprint density at radius 2 is 1.94 bits per heavy atom. The van der Waals surface area contributed by atoms with Crippen molar-refractivity contribution in [3.8, 4) is 6.07 Å². The second-order valence-electron chi connectivity index (χ2n) is 4.19. The van der Waals surface area contributed by atoms with E-state index in [1.165, 1.54) is 7.11 Å². The molecule has 0 fully saturated rings. The van der Waals surface area contributed by atoms with E-state index in [2.05, 4.69) is 6.07 Å². The molecule has 3 nitrogen and oxygen atoms in total. The first-order chi connectivity index (χ1) is 7.54. The van der Waals surface area contributed by atoms with E-state index in [1.54, 1.807) is 13.8 Å². The molecule has 0 aliphatic rings. The van der Waals surface area contributed by atoms with E-state index in [0.717, 1.165) is 5.56 Å². The van der Waals surface area contributed by atoms with Gasteiger partial charge in [0.15, 0.2) is 0 Å². The second-order valence-corrected chi connectivity index (χ2v) is 4.19. The van der Waals surface area contributed by atoms with E-state index in [0.29, 0.717) is 0 Å². The third-order valence-corrected chi connectivity index (χ3v) is 2.70. The zero-order valence-electron chi connectivity index (χ0n) is 9.73. The molecule has 3 heteroatoms. The summed E-state index contributed by atoms with van der Waals surface area (Å²) in [6.07, 6.45) is 0. The summed E-state index contributed by atoms with van der Waals surface area (Å²) in [5.41, 5.74) is -0.00870. The van der Waals surface area contributed by atoms with E-state index in [9.17, 15) is 10.1 Å². The molecular weight excluding hydrogens is 202 g/mol. The van der Waals surface area contributed by atoms with Crippen molar-refractivity contribution in [1.82, 2.24) is 0 Å². The number of benzene rings is 1. The van der Waals surface area contributed by atoms with Crippen molar-refractivity contribution in [3.63, 3.8) is 0 Å². The molecule has 0 radical (unpaired) electrons. The van der Waals surface area contributed by atoms with Crippen molar-refractivity contribution >= 4 is 5.97 Å². The van der Waals surface area contributed by atoms with Crippen LogP contribution in [0.2, 0.25) is 0 Å². The minimum absolute atomic E-state index is 0.372. The molecule has 0 N–H and O–H groups in total. The highest BCUT2D eigenvalue weighted by atomic mass is 16.5. The van der Waals surface area contributed by atoms with E-state index in [4.69, 9.17) is 4.74 Å². The quantitative estimate of drug-likeness (QED) is 0.731. The third-order valence-electron chi connectivity index (χ3n) is 2.70. The maximum atomic E-state index is 11.6. The number of esters is 1. The van der Waals surface area contributed by atoms with E-state index in [1.807, 2.05) is 30.3 Å². The monoisotopic (exact) mass is 217 g/mol. The highest BCUT2D eigenvalue weighted by Gasteiger charge is 2.39. The number of carbonyl (C=O) groups is 1. The van der Waals surface area contributed by atoms with Crippen molar-refractivity contribution in [2.45, 2.75) is 19.8 Å². The Morgan fingerprint density at radius 3 is 2.38 bits per heavy atom. The lowest BCUT2D eigenvalue weighted by molar-refractivity contribution is -0.151. The number of carbonyl (C=O) groups excluding carboxylic acids is 1. The van der Waals surface area contributed by atoms with Gasteiger partial charge in [0.25, 0.3) is 0 Å². The summed E-state index contributed by atoms with van der Waals surface area (Å²) in [7, 11) is 1.34. The van der Waals surface area contributed by atoms with Crippen LogP contribution in [0.3, 0.4) is 0 Å². The van der Waals surface area contributed by atoms with E-state index >= 15 is 0 Å². The molecule has 0 saturated carbocycles. The van der Waals surface area contributed by atoms with E-state index in [-0.39, 0.29) is 5.97 Å². The first-order valence-corrected chi connectivity index (χ1v) is 5.07. The van der Waals surface area contributed by atoms with Crippen LogP contribution in [0.5, 0.6) is 0 Å². The van der Waals surface area contributed by atoms with Gasteiger partial charge in [0.05, 0.1) is 24.5 Å². The molecule has 0 saturated heterocycles. The Kier molecular flexibility index (Phi) is 3.68. The molecule has 84 valence electrons. The number of nitrogens with zero attached hydrogens (tertiary/aromatic N) is 1. The Bertz CT molecular complexity index is 404. The van der Waals surface area contributed by atoms with Crippen LogP contribution in [0.1, 0.15) is 25.3 Å². The fourth-order valence-corrected chi connectivity index (χ4v) is 1.68. The van der Waals surface area contributed by atoms with Crippen molar-refractivity contribution in [3.05, 3.63) is 35.9 Å². The van der Waals surface area contributed by atoms with Gasteiger partial charge in [-0.1, -0.05) is 30.3 Å². The van der Waals surface area contributed by atoms with Gasteiger partial charge >= 0.3 is 5.97 Å². The van der Waals surface area contributed by atoms with Gasteiger partial charge in [-0.15, -0.1) is 0 Å². The predicted molar refractivity (Wildman–Crippen MR) is 60.6 cm³/mol. The van der Waals surface area contributed by atoms with Crippen LogP contribution in [-0.4, -0.2) is 13.1 Å². The molecule has 0 spiro atoms. The molecule has 16 heavy (non-hydrogen) atoms. The molecule has 1 aromatic rings. The molecule has 0 aliphatic carbocycles. The number of ether oxygens (including phenoxy) is 1. The van der Waals surface area contributed by atoms with Gasteiger partial charge in [0.1, 0.15) is 0 Å². The highest BCUT2D eigenvalue weighted by molar-refractivity contribution is 5.77. The smallest absolute Gasteiger partial charge is 0.312 e. The molecule has 1 aromatic carbocycles. The highest BCUT2D eigenvalue weighted by Crippen LogP contribution is 2.35. The Balaban J connectivity index is 3.10. The molecule has 0 unspecified atom stereocenters. The largest absolute Gasteiger partial charge is 0.469 e. The van der Waals surface area contributed by atoms with Gasteiger partial charge in [-0.25, -0.2) is 0 Å². The number of hydrogen-bond acceptors (Lipinski definition) is 3. The van der Waals surface area contributed by atoms with Crippen LogP contribution >= 0.6 is 0 Å². The van der Waals surface area contributed by atoms with Gasteiger partial charge in [-0.05, 0) is 19.4 Å². The molecule has 1 rings (SSSR count). The number of methoxy groups -OCH3 is 1. The maximum absolute atomic E-state index is 11.6. The van der Waals surface area contributed by atoms with Crippen LogP contribution < -0.4 is 0 Å². The fourth-order valence-electron chi connectivity index (χ4n) is 1.68. The van der Waals surface area contributed by atoms with Gasteiger partial charge in [-0.3, -0.25) is 4.79 Å². The Hall–Kier alpha value is -1.82. The standard InChI is InChI=1S/C13H15NO2/c1-13(2,12(15)16-3)11(9-14)10-7-5-4-6-8-10/h4-8,11H,1-3H3/t11-/m0/s1. The first kappa shape index (κ1) is 12.3. The molecule has 0 aromatic heterocycles. The van der Waals surface area contributed by atoms with Crippen molar-refractivity contribution in [2.24, 2.45) is 5.41 Å². The zero-order valence-corrected chi connectivity index (χ0v) is 9.73. The number of nitriles is 1. The van der Waals surface area contributed by atoms with Crippen molar-refractivity contribution in [2.75, 3.05) is 7.11 Å². The normalized spacial score (nSPS) is 12.6.